The number of ether oxygens (including phenoxy) is 4. The number of hydrogen-bond acceptors (Lipinski definition) is 7. The molecule has 0 atom stereocenters. The molecule has 29 heavy (non-hydrogen) atoms. The van der Waals surface area contributed by atoms with Crippen molar-refractivity contribution in [3.8, 4) is 17.2 Å². The number of esters is 1. The zero-order valence-electron chi connectivity index (χ0n) is 17.1. The van der Waals surface area contributed by atoms with Gasteiger partial charge in [0.05, 0.1) is 40.2 Å². The summed E-state index contributed by atoms with van der Waals surface area (Å²) < 4.78 is 21.1. The lowest BCUT2D eigenvalue weighted by atomic mass is 10.2. The summed E-state index contributed by atoms with van der Waals surface area (Å²) in [5.41, 5.74) is 3.48. The molecule has 0 amide bonds. The third-order valence-electron chi connectivity index (χ3n) is 4.30. The quantitative estimate of drug-likeness (QED) is 0.124. The van der Waals surface area contributed by atoms with Gasteiger partial charge in [0.2, 0.25) is 5.75 Å². The van der Waals surface area contributed by atoms with Crippen LogP contribution in [0.5, 0.6) is 17.2 Å². The minimum absolute atomic E-state index is 0.229. The third kappa shape index (κ3) is 7.84. The van der Waals surface area contributed by atoms with Gasteiger partial charge in [0.15, 0.2) is 16.6 Å². The van der Waals surface area contributed by atoms with Gasteiger partial charge in [0.1, 0.15) is 13.1 Å². The highest BCUT2D eigenvalue weighted by Crippen LogP contribution is 2.38. The lowest BCUT2D eigenvalue weighted by Crippen LogP contribution is -3.14. The molecule has 1 saturated heterocycles. The van der Waals surface area contributed by atoms with E-state index < -0.39 is 5.97 Å². The first-order chi connectivity index (χ1) is 14.0. The molecule has 1 heterocycles. The van der Waals surface area contributed by atoms with Gasteiger partial charge in [-0.2, -0.15) is 5.10 Å². The number of methoxy groups -OCH3 is 2. The number of rotatable bonds is 9. The van der Waals surface area contributed by atoms with Crippen LogP contribution in [0, 0.1) is 0 Å². The SMILES string of the molecule is COc1cc(/C=N\NC(=S)NCCC[NH+]2CCOCC2)cc(OC)c1OC(C)=O. The van der Waals surface area contributed by atoms with E-state index in [4.69, 9.17) is 31.2 Å². The summed E-state index contributed by atoms with van der Waals surface area (Å²) >= 11 is 5.24. The summed E-state index contributed by atoms with van der Waals surface area (Å²) in [4.78, 5) is 12.8. The summed E-state index contributed by atoms with van der Waals surface area (Å²) in [6.07, 6.45) is 2.60. The Bertz CT molecular complexity index is 698. The molecule has 0 saturated carbocycles. The molecular formula is C19H29N4O5S+. The molecule has 0 radical (unpaired) electrons. The molecule has 1 aromatic rings. The maximum atomic E-state index is 11.3. The van der Waals surface area contributed by atoms with Crippen molar-refractivity contribution < 1.29 is 28.6 Å². The van der Waals surface area contributed by atoms with Gasteiger partial charge >= 0.3 is 5.97 Å². The Hall–Kier alpha value is -2.43. The molecule has 3 N–H and O–H groups in total. The highest BCUT2D eigenvalue weighted by Gasteiger charge is 2.16. The lowest BCUT2D eigenvalue weighted by molar-refractivity contribution is -0.908. The highest BCUT2D eigenvalue weighted by atomic mass is 32.1. The van der Waals surface area contributed by atoms with E-state index >= 15 is 0 Å². The van der Waals surface area contributed by atoms with E-state index in [-0.39, 0.29) is 5.75 Å². The van der Waals surface area contributed by atoms with Crippen molar-refractivity contribution in [3.63, 3.8) is 0 Å². The maximum Gasteiger partial charge on any atom is 0.308 e. The first kappa shape index (κ1) is 22.9. The lowest BCUT2D eigenvalue weighted by Gasteiger charge is -2.23. The van der Waals surface area contributed by atoms with E-state index in [2.05, 4.69) is 15.8 Å². The molecule has 0 spiro atoms. The molecular weight excluding hydrogens is 396 g/mol. The second kappa shape index (κ2) is 12.2. The zero-order chi connectivity index (χ0) is 21.1. The number of quaternary nitrogens is 1. The van der Waals surface area contributed by atoms with Gasteiger partial charge in [-0.1, -0.05) is 0 Å². The van der Waals surface area contributed by atoms with Crippen molar-refractivity contribution in [2.24, 2.45) is 5.10 Å². The van der Waals surface area contributed by atoms with Crippen molar-refractivity contribution in [3.05, 3.63) is 17.7 Å². The van der Waals surface area contributed by atoms with Crippen LogP contribution in [-0.4, -0.2) is 70.9 Å². The zero-order valence-corrected chi connectivity index (χ0v) is 17.9. The molecule has 2 rings (SSSR count). The van der Waals surface area contributed by atoms with Crippen LogP contribution in [0.4, 0.5) is 0 Å². The van der Waals surface area contributed by atoms with Crippen LogP contribution >= 0.6 is 12.2 Å². The van der Waals surface area contributed by atoms with Gasteiger partial charge in [-0.05, 0) is 24.4 Å². The number of nitrogens with one attached hydrogen (secondary N) is 3. The van der Waals surface area contributed by atoms with E-state index in [9.17, 15) is 4.79 Å². The summed E-state index contributed by atoms with van der Waals surface area (Å²) in [6, 6.07) is 3.38. The Balaban J connectivity index is 1.82. The van der Waals surface area contributed by atoms with Gasteiger partial charge in [-0.25, -0.2) is 0 Å². The number of carbonyl (C=O) groups excluding carboxylic acids is 1. The Labute approximate surface area is 176 Å². The Morgan fingerprint density at radius 3 is 2.52 bits per heavy atom. The van der Waals surface area contributed by atoms with Crippen LogP contribution in [-0.2, 0) is 9.53 Å². The average Bonchev–Trinajstić information content (AvgIpc) is 2.72. The predicted octanol–water partition coefficient (Wildman–Crippen LogP) is -0.268. The largest absolute Gasteiger partial charge is 0.493 e. The van der Waals surface area contributed by atoms with Crippen LogP contribution in [0.15, 0.2) is 17.2 Å². The molecule has 0 aromatic heterocycles. The van der Waals surface area contributed by atoms with Crippen molar-refractivity contribution in [2.45, 2.75) is 13.3 Å². The Kier molecular flexibility index (Phi) is 9.62. The minimum atomic E-state index is -0.462. The molecule has 10 heteroatoms. The number of nitrogens with zero attached hydrogens (tertiary/aromatic N) is 1. The first-order valence-corrected chi connectivity index (χ1v) is 9.87. The van der Waals surface area contributed by atoms with Crippen LogP contribution in [0.2, 0.25) is 0 Å². The first-order valence-electron chi connectivity index (χ1n) is 9.46. The van der Waals surface area contributed by atoms with Gasteiger partial charge in [-0.3, -0.25) is 10.2 Å². The van der Waals surface area contributed by atoms with Gasteiger partial charge < -0.3 is 29.2 Å². The van der Waals surface area contributed by atoms with E-state index in [1.807, 2.05) is 0 Å². The molecule has 160 valence electrons. The number of hydrazone groups is 1. The number of carbonyl (C=O) groups is 1. The van der Waals surface area contributed by atoms with Crippen molar-refractivity contribution >= 4 is 29.5 Å². The maximum absolute atomic E-state index is 11.3. The standard InChI is InChI=1S/C19H28N4O5S/c1-14(24)28-18-16(25-2)11-15(12-17(18)26-3)13-21-22-19(29)20-5-4-6-23-7-9-27-10-8-23/h11-13H,4-10H2,1-3H3,(H2,20,22,29)/p+1/b21-13-. The van der Waals surface area contributed by atoms with Crippen LogP contribution < -0.4 is 29.9 Å². The summed E-state index contributed by atoms with van der Waals surface area (Å²) in [7, 11) is 2.97. The molecule has 1 aliphatic rings. The molecule has 0 unspecified atom stereocenters. The fraction of sp³-hybridized carbons (Fsp3) is 0.526. The second-order valence-corrected chi connectivity index (χ2v) is 6.85. The summed E-state index contributed by atoms with van der Waals surface area (Å²) in [6.45, 7) is 7.01. The van der Waals surface area contributed by atoms with E-state index in [0.29, 0.717) is 22.2 Å². The van der Waals surface area contributed by atoms with E-state index in [1.54, 1.807) is 23.2 Å². The van der Waals surface area contributed by atoms with Crippen LogP contribution in [0.1, 0.15) is 18.9 Å². The second-order valence-electron chi connectivity index (χ2n) is 6.44. The van der Waals surface area contributed by atoms with Crippen molar-refractivity contribution in [2.75, 3.05) is 53.6 Å². The van der Waals surface area contributed by atoms with E-state index in [0.717, 1.165) is 45.8 Å². The number of thiocarbonyl (C=S) groups is 1. The minimum Gasteiger partial charge on any atom is -0.493 e. The Morgan fingerprint density at radius 2 is 1.93 bits per heavy atom. The van der Waals surface area contributed by atoms with Crippen LogP contribution in [0.3, 0.4) is 0 Å². The molecule has 1 aliphatic heterocycles. The predicted molar refractivity (Wildman–Crippen MR) is 113 cm³/mol. The topological polar surface area (TPSA) is 94.8 Å². The van der Waals surface area contributed by atoms with E-state index in [1.165, 1.54) is 21.1 Å². The van der Waals surface area contributed by atoms with Gasteiger partial charge in [0, 0.05) is 25.5 Å². The van der Waals surface area contributed by atoms with Gasteiger partial charge in [0.25, 0.3) is 0 Å². The molecule has 0 aliphatic carbocycles. The van der Waals surface area contributed by atoms with Gasteiger partial charge in [-0.15, -0.1) is 0 Å². The molecule has 1 fully saturated rings. The van der Waals surface area contributed by atoms with Crippen LogP contribution in [0.25, 0.3) is 0 Å². The summed E-state index contributed by atoms with van der Waals surface area (Å²) in [5, 5.41) is 7.72. The monoisotopic (exact) mass is 425 g/mol. The fourth-order valence-electron chi connectivity index (χ4n) is 2.87. The number of morpholine rings is 1. The average molecular weight is 426 g/mol. The fourth-order valence-corrected chi connectivity index (χ4v) is 3.03. The Morgan fingerprint density at radius 1 is 1.28 bits per heavy atom. The third-order valence-corrected chi connectivity index (χ3v) is 4.54. The smallest absolute Gasteiger partial charge is 0.308 e. The molecule has 1 aromatic carbocycles. The van der Waals surface area contributed by atoms with Crippen molar-refractivity contribution in [1.82, 2.24) is 10.7 Å². The normalized spacial score (nSPS) is 14.4. The molecule has 9 nitrogen and oxygen atoms in total. The number of benzene rings is 1. The number of hydrogen-bond donors (Lipinski definition) is 3. The highest BCUT2D eigenvalue weighted by molar-refractivity contribution is 7.80. The van der Waals surface area contributed by atoms with Crippen molar-refractivity contribution in [1.29, 1.82) is 0 Å². The summed E-state index contributed by atoms with van der Waals surface area (Å²) in [5.74, 6) is 0.503. The molecule has 0 bridgehead atoms.